The summed E-state index contributed by atoms with van der Waals surface area (Å²) in [5.41, 5.74) is 1.61. The Morgan fingerprint density at radius 1 is 1.20 bits per heavy atom. The van der Waals surface area contributed by atoms with Crippen molar-refractivity contribution in [3.05, 3.63) is 54.1 Å². The fourth-order valence-electron chi connectivity index (χ4n) is 2.61. The van der Waals surface area contributed by atoms with Crippen LogP contribution in [0.3, 0.4) is 0 Å². The van der Waals surface area contributed by atoms with E-state index in [1.165, 1.54) is 18.3 Å². The van der Waals surface area contributed by atoms with Crippen molar-refractivity contribution >= 4 is 17.3 Å². The second kappa shape index (κ2) is 8.55. The summed E-state index contributed by atoms with van der Waals surface area (Å²) >= 11 is 0. The minimum absolute atomic E-state index is 0.324. The third-order valence-electron chi connectivity index (χ3n) is 3.94. The first-order chi connectivity index (χ1) is 12.2. The van der Waals surface area contributed by atoms with Gasteiger partial charge in [0.2, 0.25) is 0 Å². The number of nitrogens with zero attached hydrogens (tertiary/aromatic N) is 2. The van der Waals surface area contributed by atoms with E-state index in [0.717, 1.165) is 45.1 Å². The lowest BCUT2D eigenvalue weighted by Crippen LogP contribution is -2.39. The van der Waals surface area contributed by atoms with E-state index in [4.69, 9.17) is 4.74 Å². The number of ether oxygens (including phenoxy) is 1. The first-order valence-corrected chi connectivity index (χ1v) is 8.27. The molecule has 132 valence electrons. The molecule has 0 bridgehead atoms. The molecule has 1 fully saturated rings. The number of anilines is 2. The molecule has 0 atom stereocenters. The highest BCUT2D eigenvalue weighted by Crippen LogP contribution is 2.13. The van der Waals surface area contributed by atoms with Gasteiger partial charge < -0.3 is 15.4 Å². The summed E-state index contributed by atoms with van der Waals surface area (Å²) < 4.78 is 18.5. The number of morpholine rings is 1. The molecule has 2 heterocycles. The molecule has 0 aliphatic carbocycles. The van der Waals surface area contributed by atoms with Crippen molar-refractivity contribution < 1.29 is 13.9 Å². The van der Waals surface area contributed by atoms with Crippen LogP contribution in [0.1, 0.15) is 10.4 Å². The molecule has 2 aromatic rings. The Balaban J connectivity index is 1.54. The minimum atomic E-state index is -0.394. The summed E-state index contributed by atoms with van der Waals surface area (Å²) in [5.74, 6) is -0.718. The molecular formula is C18H21FN4O2. The number of hydrogen-bond donors (Lipinski definition) is 2. The van der Waals surface area contributed by atoms with Crippen molar-refractivity contribution in [2.24, 2.45) is 0 Å². The second-order valence-corrected chi connectivity index (χ2v) is 5.81. The highest BCUT2D eigenvalue weighted by Gasteiger charge is 2.10. The van der Waals surface area contributed by atoms with Crippen LogP contribution >= 0.6 is 0 Å². The molecule has 0 unspecified atom stereocenters. The Labute approximate surface area is 146 Å². The van der Waals surface area contributed by atoms with Gasteiger partial charge in [-0.25, -0.2) is 4.39 Å². The molecule has 25 heavy (non-hydrogen) atoms. The van der Waals surface area contributed by atoms with Gasteiger partial charge in [0.15, 0.2) is 0 Å². The van der Waals surface area contributed by atoms with Crippen molar-refractivity contribution in [1.82, 2.24) is 9.88 Å². The molecule has 1 aliphatic heterocycles. The quantitative estimate of drug-likeness (QED) is 0.841. The van der Waals surface area contributed by atoms with Gasteiger partial charge in [0.1, 0.15) is 5.82 Å². The standard InChI is InChI=1S/C18H21FN4O2/c19-15-2-1-3-16(11-15)22-18(24)14-10-17(13-20-12-14)21-4-5-23-6-8-25-9-7-23/h1-3,10-13,21H,4-9H2,(H,22,24). The number of aromatic nitrogens is 1. The van der Waals surface area contributed by atoms with Crippen molar-refractivity contribution in [2.75, 3.05) is 50.0 Å². The SMILES string of the molecule is O=C(Nc1cccc(F)c1)c1cncc(NCCN2CCOCC2)c1. The van der Waals surface area contributed by atoms with E-state index < -0.39 is 5.82 Å². The van der Waals surface area contributed by atoms with Gasteiger partial charge in [0.25, 0.3) is 5.91 Å². The topological polar surface area (TPSA) is 66.5 Å². The number of rotatable bonds is 6. The van der Waals surface area contributed by atoms with E-state index in [-0.39, 0.29) is 5.91 Å². The summed E-state index contributed by atoms with van der Waals surface area (Å²) in [7, 11) is 0. The molecule has 0 spiro atoms. The van der Waals surface area contributed by atoms with Crippen molar-refractivity contribution in [2.45, 2.75) is 0 Å². The molecule has 1 amide bonds. The Bertz CT molecular complexity index is 720. The van der Waals surface area contributed by atoms with E-state index in [9.17, 15) is 9.18 Å². The summed E-state index contributed by atoms with van der Waals surface area (Å²) in [5, 5.41) is 5.94. The maximum absolute atomic E-state index is 13.2. The Morgan fingerprint density at radius 3 is 2.84 bits per heavy atom. The van der Waals surface area contributed by atoms with Gasteiger partial charge in [-0.15, -0.1) is 0 Å². The molecule has 0 saturated carbocycles. The first-order valence-electron chi connectivity index (χ1n) is 8.27. The maximum Gasteiger partial charge on any atom is 0.257 e. The normalized spacial score (nSPS) is 14.9. The lowest BCUT2D eigenvalue weighted by molar-refractivity contribution is 0.0398. The summed E-state index contributed by atoms with van der Waals surface area (Å²) in [6.45, 7) is 5.10. The van der Waals surface area contributed by atoms with E-state index >= 15 is 0 Å². The van der Waals surface area contributed by atoms with E-state index in [1.807, 2.05) is 0 Å². The van der Waals surface area contributed by atoms with Crippen LogP contribution in [0.2, 0.25) is 0 Å². The van der Waals surface area contributed by atoms with E-state index in [0.29, 0.717) is 11.3 Å². The Kier molecular flexibility index (Phi) is 5.92. The van der Waals surface area contributed by atoms with Crippen molar-refractivity contribution in [3.63, 3.8) is 0 Å². The highest BCUT2D eigenvalue weighted by atomic mass is 19.1. The summed E-state index contributed by atoms with van der Waals surface area (Å²) in [6.07, 6.45) is 3.17. The van der Waals surface area contributed by atoms with E-state index in [2.05, 4.69) is 20.5 Å². The third-order valence-corrected chi connectivity index (χ3v) is 3.94. The van der Waals surface area contributed by atoms with Crippen LogP contribution in [0.25, 0.3) is 0 Å². The van der Waals surface area contributed by atoms with Crippen LogP contribution in [0.15, 0.2) is 42.7 Å². The van der Waals surface area contributed by atoms with Crippen LogP contribution in [-0.4, -0.2) is 55.2 Å². The average Bonchev–Trinajstić information content (AvgIpc) is 2.63. The molecule has 1 aromatic carbocycles. The zero-order valence-corrected chi connectivity index (χ0v) is 13.9. The predicted octanol–water partition coefficient (Wildman–Crippen LogP) is 2.22. The van der Waals surface area contributed by atoms with Gasteiger partial charge in [0.05, 0.1) is 24.5 Å². The summed E-state index contributed by atoms with van der Waals surface area (Å²) in [6, 6.07) is 7.53. The predicted molar refractivity (Wildman–Crippen MR) is 94.3 cm³/mol. The first kappa shape index (κ1) is 17.3. The Hall–Kier alpha value is -2.51. The number of carbonyl (C=O) groups is 1. The number of halogens is 1. The molecule has 2 N–H and O–H groups in total. The van der Waals surface area contributed by atoms with Crippen LogP contribution in [-0.2, 0) is 4.74 Å². The summed E-state index contributed by atoms with van der Waals surface area (Å²) in [4.78, 5) is 18.7. The fourth-order valence-corrected chi connectivity index (χ4v) is 2.61. The third kappa shape index (κ3) is 5.23. The van der Waals surface area contributed by atoms with Gasteiger partial charge in [0, 0.05) is 44.3 Å². The number of nitrogens with one attached hydrogen (secondary N) is 2. The molecule has 1 aromatic heterocycles. The number of amides is 1. The number of pyridine rings is 1. The average molecular weight is 344 g/mol. The number of carbonyl (C=O) groups excluding carboxylic acids is 1. The monoisotopic (exact) mass is 344 g/mol. The van der Waals surface area contributed by atoms with Gasteiger partial charge in [-0.2, -0.15) is 0 Å². The van der Waals surface area contributed by atoms with Crippen molar-refractivity contribution in [1.29, 1.82) is 0 Å². The second-order valence-electron chi connectivity index (χ2n) is 5.81. The fraction of sp³-hybridized carbons (Fsp3) is 0.333. The molecule has 0 radical (unpaired) electrons. The largest absolute Gasteiger partial charge is 0.382 e. The van der Waals surface area contributed by atoms with Crippen LogP contribution in [0, 0.1) is 5.82 Å². The maximum atomic E-state index is 13.2. The van der Waals surface area contributed by atoms with Crippen LogP contribution in [0.4, 0.5) is 15.8 Å². The molecule has 1 saturated heterocycles. The van der Waals surface area contributed by atoms with Crippen molar-refractivity contribution in [3.8, 4) is 0 Å². The molecular weight excluding hydrogens is 323 g/mol. The molecule has 7 heteroatoms. The van der Waals surface area contributed by atoms with Gasteiger partial charge >= 0.3 is 0 Å². The van der Waals surface area contributed by atoms with Gasteiger partial charge in [-0.1, -0.05) is 6.07 Å². The van der Waals surface area contributed by atoms with Gasteiger partial charge in [-0.05, 0) is 24.3 Å². The van der Waals surface area contributed by atoms with Crippen LogP contribution < -0.4 is 10.6 Å². The zero-order chi connectivity index (χ0) is 17.5. The van der Waals surface area contributed by atoms with Crippen LogP contribution in [0.5, 0.6) is 0 Å². The highest BCUT2D eigenvalue weighted by molar-refractivity contribution is 6.04. The molecule has 6 nitrogen and oxygen atoms in total. The molecule has 1 aliphatic rings. The lowest BCUT2D eigenvalue weighted by atomic mass is 10.2. The smallest absolute Gasteiger partial charge is 0.257 e. The minimum Gasteiger partial charge on any atom is -0.382 e. The zero-order valence-electron chi connectivity index (χ0n) is 13.9. The lowest BCUT2D eigenvalue weighted by Gasteiger charge is -2.26. The number of benzene rings is 1. The van der Waals surface area contributed by atoms with Gasteiger partial charge in [-0.3, -0.25) is 14.7 Å². The Morgan fingerprint density at radius 2 is 2.04 bits per heavy atom. The van der Waals surface area contributed by atoms with E-state index in [1.54, 1.807) is 24.4 Å². The number of hydrogen-bond acceptors (Lipinski definition) is 5. The molecule has 3 rings (SSSR count).